The Labute approximate surface area is 170 Å². The lowest BCUT2D eigenvalue weighted by molar-refractivity contribution is 0.0692. The number of anilines is 1. The first-order valence-corrected chi connectivity index (χ1v) is 9.07. The van der Waals surface area contributed by atoms with E-state index in [0.29, 0.717) is 22.3 Å². The van der Waals surface area contributed by atoms with Gasteiger partial charge in [-0.1, -0.05) is 18.2 Å². The van der Waals surface area contributed by atoms with Gasteiger partial charge in [-0.2, -0.15) is 0 Å². The first-order chi connectivity index (χ1) is 14.1. The molecule has 3 aromatic rings. The summed E-state index contributed by atoms with van der Waals surface area (Å²) in [5.74, 6) is -1.35. The van der Waals surface area contributed by atoms with Crippen LogP contribution in [0.5, 0.6) is 5.75 Å². The van der Waals surface area contributed by atoms with E-state index < -0.39 is 29.8 Å². The molecule has 2 N–H and O–H groups in total. The van der Waals surface area contributed by atoms with E-state index in [1.54, 1.807) is 20.8 Å². The second kappa shape index (κ2) is 8.17. The number of nitrogens with one attached hydrogen (secondary N) is 1. The van der Waals surface area contributed by atoms with E-state index in [1.165, 1.54) is 25.3 Å². The van der Waals surface area contributed by atoms with Crippen molar-refractivity contribution < 1.29 is 27.8 Å². The van der Waals surface area contributed by atoms with Gasteiger partial charge in [-0.3, -0.25) is 0 Å². The molecule has 9 heteroatoms. The maximum absolute atomic E-state index is 14.6. The molecule has 0 saturated carbocycles. The zero-order valence-electron chi connectivity index (χ0n) is 16.8. The van der Waals surface area contributed by atoms with Gasteiger partial charge in [0.15, 0.2) is 0 Å². The molecule has 158 valence electrons. The number of aromatic carboxylic acids is 1. The van der Waals surface area contributed by atoms with Gasteiger partial charge in [-0.05, 0) is 26.3 Å². The molecule has 1 heterocycles. The fourth-order valence-electron chi connectivity index (χ4n) is 3.46. The molecule has 0 spiro atoms. The van der Waals surface area contributed by atoms with Crippen LogP contribution in [0.3, 0.4) is 0 Å². The summed E-state index contributed by atoms with van der Waals surface area (Å²) in [6.07, 6.45) is -2.94. The van der Waals surface area contributed by atoms with E-state index in [2.05, 4.69) is 15.3 Å². The quantitative estimate of drug-likeness (QED) is 0.571. The first-order valence-electron chi connectivity index (χ1n) is 9.07. The molecule has 30 heavy (non-hydrogen) atoms. The number of hydrogen-bond acceptors (Lipinski definition) is 5. The van der Waals surface area contributed by atoms with Gasteiger partial charge in [0.25, 0.3) is 6.43 Å². The third-order valence-corrected chi connectivity index (χ3v) is 4.86. The number of ether oxygens (including phenoxy) is 1. The second-order valence-corrected chi connectivity index (χ2v) is 6.81. The summed E-state index contributed by atoms with van der Waals surface area (Å²) in [5.41, 5.74) is 0.131. The zero-order chi connectivity index (χ0) is 22.2. The Bertz CT molecular complexity index is 1140. The molecular weight excluding hydrogens is 399 g/mol. The van der Waals surface area contributed by atoms with Gasteiger partial charge in [0.1, 0.15) is 28.8 Å². The number of rotatable bonds is 6. The summed E-state index contributed by atoms with van der Waals surface area (Å²) < 4.78 is 45.9. The second-order valence-electron chi connectivity index (χ2n) is 6.81. The van der Waals surface area contributed by atoms with E-state index in [1.807, 2.05) is 0 Å². The number of carboxylic acid groups (broad SMARTS) is 1. The highest BCUT2D eigenvalue weighted by Crippen LogP contribution is 2.35. The molecule has 0 amide bonds. The summed E-state index contributed by atoms with van der Waals surface area (Å²) in [5, 5.41) is 13.1. The Hall–Kier alpha value is -3.36. The van der Waals surface area contributed by atoms with Crippen LogP contribution in [0, 0.1) is 19.7 Å². The number of hydrogen-bond donors (Lipinski definition) is 2. The number of fused-ring (bicyclic) bond motifs is 1. The predicted molar refractivity (Wildman–Crippen MR) is 106 cm³/mol. The van der Waals surface area contributed by atoms with E-state index in [9.17, 15) is 23.1 Å². The number of nitrogens with zero attached hydrogens (tertiary/aromatic N) is 2. The van der Waals surface area contributed by atoms with Crippen molar-refractivity contribution in [2.45, 2.75) is 33.2 Å². The van der Waals surface area contributed by atoms with Crippen LogP contribution < -0.4 is 10.1 Å². The highest BCUT2D eigenvalue weighted by Gasteiger charge is 2.23. The fourth-order valence-corrected chi connectivity index (χ4v) is 3.46. The molecule has 1 atom stereocenters. The number of halogens is 3. The fraction of sp³-hybridized carbons (Fsp3) is 0.286. The van der Waals surface area contributed by atoms with E-state index in [0.717, 1.165) is 6.07 Å². The standard InChI is InChI=1S/C21H20F3N3O3/c1-9-16-14(8-15(30-4)17(9)21(28)29)26-11(3)27-20(16)25-10(2)12-6-5-7-13(18(12)22)19(23)24/h5-8,10,19H,1-4H3,(H,28,29)(H,25,26,27). The van der Waals surface area contributed by atoms with Crippen molar-refractivity contribution in [2.75, 3.05) is 12.4 Å². The molecule has 0 bridgehead atoms. The van der Waals surface area contributed by atoms with Crippen molar-refractivity contribution >= 4 is 22.7 Å². The predicted octanol–water partition coefficient (Wildman–Crippen LogP) is 5.20. The van der Waals surface area contributed by atoms with Gasteiger partial charge < -0.3 is 15.2 Å². The minimum Gasteiger partial charge on any atom is -0.496 e. The third-order valence-electron chi connectivity index (χ3n) is 4.86. The topological polar surface area (TPSA) is 84.3 Å². The minimum atomic E-state index is -2.94. The number of aryl methyl sites for hydroxylation is 2. The highest BCUT2D eigenvalue weighted by molar-refractivity contribution is 6.03. The zero-order valence-corrected chi connectivity index (χ0v) is 16.8. The number of carboxylic acids is 1. The Morgan fingerprint density at radius 1 is 1.20 bits per heavy atom. The largest absolute Gasteiger partial charge is 0.496 e. The van der Waals surface area contributed by atoms with Crippen molar-refractivity contribution in [3.8, 4) is 5.75 Å². The van der Waals surface area contributed by atoms with Crippen LogP contribution in [0.1, 0.15) is 52.3 Å². The van der Waals surface area contributed by atoms with Crippen molar-refractivity contribution in [1.82, 2.24) is 9.97 Å². The Morgan fingerprint density at radius 3 is 2.47 bits per heavy atom. The normalized spacial score (nSPS) is 12.3. The van der Waals surface area contributed by atoms with Crippen molar-refractivity contribution in [2.24, 2.45) is 0 Å². The lowest BCUT2D eigenvalue weighted by atomic mass is 10.0. The molecule has 0 fully saturated rings. The maximum atomic E-state index is 14.6. The molecular formula is C21H20F3N3O3. The Kier molecular flexibility index (Phi) is 5.82. The van der Waals surface area contributed by atoms with Gasteiger partial charge in [-0.25, -0.2) is 27.9 Å². The van der Waals surface area contributed by atoms with Crippen molar-refractivity contribution in [3.63, 3.8) is 0 Å². The maximum Gasteiger partial charge on any atom is 0.339 e. The van der Waals surface area contributed by atoms with Gasteiger partial charge in [-0.15, -0.1) is 0 Å². The van der Waals surface area contributed by atoms with Crippen LogP contribution in [0.4, 0.5) is 19.0 Å². The van der Waals surface area contributed by atoms with Crippen LogP contribution in [0.25, 0.3) is 10.9 Å². The SMILES string of the molecule is COc1cc2nc(C)nc(NC(C)c3cccc(C(F)F)c3F)c2c(C)c1C(=O)O. The lowest BCUT2D eigenvalue weighted by Gasteiger charge is -2.20. The van der Waals surface area contributed by atoms with Crippen molar-refractivity contribution in [3.05, 3.63) is 58.2 Å². The average molecular weight is 419 g/mol. The molecule has 0 aliphatic carbocycles. The molecule has 3 rings (SSSR count). The number of carbonyl (C=O) groups is 1. The summed E-state index contributed by atoms with van der Waals surface area (Å²) >= 11 is 0. The molecule has 0 radical (unpaired) electrons. The highest BCUT2D eigenvalue weighted by atomic mass is 19.3. The lowest BCUT2D eigenvalue weighted by Crippen LogP contribution is -2.13. The number of benzene rings is 2. The molecule has 0 aliphatic heterocycles. The number of aromatic nitrogens is 2. The summed E-state index contributed by atoms with van der Waals surface area (Å²) in [6, 6.07) is 4.58. The van der Waals surface area contributed by atoms with Crippen LogP contribution in [-0.4, -0.2) is 28.2 Å². The molecule has 1 aromatic heterocycles. The Balaban J connectivity index is 2.16. The summed E-state index contributed by atoms with van der Waals surface area (Å²) in [4.78, 5) is 20.4. The van der Waals surface area contributed by atoms with Gasteiger partial charge in [0.2, 0.25) is 0 Å². The van der Waals surface area contributed by atoms with Gasteiger partial charge in [0.05, 0.1) is 24.2 Å². The number of methoxy groups -OCH3 is 1. The Morgan fingerprint density at radius 2 is 1.87 bits per heavy atom. The van der Waals surface area contributed by atoms with Gasteiger partial charge in [0, 0.05) is 17.0 Å². The molecule has 2 aromatic carbocycles. The van der Waals surface area contributed by atoms with E-state index in [4.69, 9.17) is 4.74 Å². The molecule has 0 saturated heterocycles. The average Bonchev–Trinajstić information content (AvgIpc) is 2.66. The molecule has 0 aliphatic rings. The monoisotopic (exact) mass is 419 g/mol. The number of alkyl halides is 2. The van der Waals surface area contributed by atoms with Crippen LogP contribution in [-0.2, 0) is 0 Å². The first kappa shape index (κ1) is 21.4. The molecule has 1 unspecified atom stereocenters. The van der Waals surface area contributed by atoms with E-state index >= 15 is 0 Å². The third kappa shape index (κ3) is 3.74. The summed E-state index contributed by atoms with van der Waals surface area (Å²) in [6.45, 7) is 4.86. The molecule has 6 nitrogen and oxygen atoms in total. The van der Waals surface area contributed by atoms with Crippen LogP contribution in [0.2, 0.25) is 0 Å². The van der Waals surface area contributed by atoms with Crippen molar-refractivity contribution in [1.29, 1.82) is 0 Å². The minimum absolute atomic E-state index is 0.0426. The van der Waals surface area contributed by atoms with E-state index in [-0.39, 0.29) is 22.7 Å². The van der Waals surface area contributed by atoms with Gasteiger partial charge >= 0.3 is 5.97 Å². The van der Waals surface area contributed by atoms with Crippen LogP contribution >= 0.6 is 0 Å². The van der Waals surface area contributed by atoms with Crippen LogP contribution in [0.15, 0.2) is 24.3 Å². The summed E-state index contributed by atoms with van der Waals surface area (Å²) in [7, 11) is 1.36. The smallest absolute Gasteiger partial charge is 0.339 e.